The molecule has 1 aromatic carbocycles. The van der Waals surface area contributed by atoms with Crippen molar-refractivity contribution in [2.75, 3.05) is 5.73 Å². The quantitative estimate of drug-likeness (QED) is 0.561. The Morgan fingerprint density at radius 3 is 2.65 bits per heavy atom. The highest BCUT2D eigenvalue weighted by Crippen LogP contribution is 2.28. The van der Waals surface area contributed by atoms with Gasteiger partial charge in [0.25, 0.3) is 0 Å². The number of nitrogen functional groups attached to an aromatic ring is 1. The van der Waals surface area contributed by atoms with Crippen LogP contribution in [0.15, 0.2) is 18.2 Å². The molecule has 1 aromatic heterocycles. The fourth-order valence-electron chi connectivity index (χ4n) is 1.91. The molecule has 0 radical (unpaired) electrons. The molecule has 2 rings (SSSR count). The van der Waals surface area contributed by atoms with Crippen LogP contribution in [0.25, 0.3) is 11.4 Å². The van der Waals surface area contributed by atoms with Gasteiger partial charge in [-0.1, -0.05) is 13.8 Å². The van der Waals surface area contributed by atoms with E-state index < -0.39 is 0 Å². The Kier molecular flexibility index (Phi) is 3.04. The van der Waals surface area contributed by atoms with Gasteiger partial charge in [-0.2, -0.15) is 0 Å². The van der Waals surface area contributed by atoms with Crippen molar-refractivity contribution in [1.82, 2.24) is 9.97 Å². The lowest BCUT2D eigenvalue weighted by molar-refractivity contribution is 0.475. The third kappa shape index (κ3) is 2.11. The zero-order valence-corrected chi connectivity index (χ0v) is 10.1. The number of imidazole rings is 1. The molecule has 1 heterocycles. The number of aromatic nitrogens is 2. The fraction of sp³-hybridized carbons (Fsp3) is 0.308. The standard InChI is InChI=1S/C13H17N3O/c1-3-11-12(4-2)16-13(15-11)9-7-8(17)5-6-10(9)14/h5-7,17H,3-4,14H2,1-2H3,(H,15,16). The molecule has 4 nitrogen and oxygen atoms in total. The molecule has 0 atom stereocenters. The molecule has 0 spiro atoms. The number of rotatable bonds is 3. The van der Waals surface area contributed by atoms with Gasteiger partial charge in [0.2, 0.25) is 0 Å². The van der Waals surface area contributed by atoms with E-state index in [1.807, 2.05) is 0 Å². The van der Waals surface area contributed by atoms with Gasteiger partial charge in [0.15, 0.2) is 0 Å². The van der Waals surface area contributed by atoms with Crippen molar-refractivity contribution in [3.63, 3.8) is 0 Å². The van der Waals surface area contributed by atoms with E-state index in [0.717, 1.165) is 35.6 Å². The summed E-state index contributed by atoms with van der Waals surface area (Å²) in [4.78, 5) is 7.79. The van der Waals surface area contributed by atoms with E-state index in [2.05, 4.69) is 23.8 Å². The number of nitrogens with one attached hydrogen (secondary N) is 1. The highest BCUT2D eigenvalue weighted by Gasteiger charge is 2.11. The number of phenolic OH excluding ortho intramolecular Hbond substituents is 1. The number of hydrogen-bond donors (Lipinski definition) is 3. The molecule has 0 saturated carbocycles. The summed E-state index contributed by atoms with van der Waals surface area (Å²) in [6, 6.07) is 4.89. The molecule has 0 unspecified atom stereocenters. The van der Waals surface area contributed by atoms with Gasteiger partial charge in [0, 0.05) is 16.9 Å². The first-order chi connectivity index (χ1) is 8.15. The molecule has 0 amide bonds. The van der Waals surface area contributed by atoms with E-state index in [1.165, 1.54) is 0 Å². The maximum Gasteiger partial charge on any atom is 0.140 e. The Bertz CT molecular complexity index is 510. The van der Waals surface area contributed by atoms with Crippen LogP contribution < -0.4 is 5.73 Å². The highest BCUT2D eigenvalue weighted by molar-refractivity contribution is 5.73. The Morgan fingerprint density at radius 2 is 2.06 bits per heavy atom. The van der Waals surface area contributed by atoms with Gasteiger partial charge in [-0.25, -0.2) is 4.98 Å². The smallest absolute Gasteiger partial charge is 0.140 e. The lowest BCUT2D eigenvalue weighted by Crippen LogP contribution is -1.91. The lowest BCUT2D eigenvalue weighted by atomic mass is 10.1. The minimum absolute atomic E-state index is 0.196. The second kappa shape index (κ2) is 4.49. The van der Waals surface area contributed by atoms with Crippen LogP contribution >= 0.6 is 0 Å². The number of hydrogen-bond acceptors (Lipinski definition) is 3. The topological polar surface area (TPSA) is 74.9 Å². The van der Waals surface area contributed by atoms with Crippen LogP contribution in [-0.4, -0.2) is 15.1 Å². The van der Waals surface area contributed by atoms with Crippen LogP contribution in [0.1, 0.15) is 25.2 Å². The Labute approximate surface area is 101 Å². The molecular weight excluding hydrogens is 214 g/mol. The van der Waals surface area contributed by atoms with Crippen LogP contribution in [0, 0.1) is 0 Å². The van der Waals surface area contributed by atoms with Crippen molar-refractivity contribution in [1.29, 1.82) is 0 Å². The first-order valence-electron chi connectivity index (χ1n) is 5.82. The molecule has 2 aromatic rings. The molecule has 0 aliphatic rings. The van der Waals surface area contributed by atoms with E-state index in [4.69, 9.17) is 5.73 Å². The Morgan fingerprint density at radius 1 is 1.29 bits per heavy atom. The molecule has 4 N–H and O–H groups in total. The van der Waals surface area contributed by atoms with E-state index in [0.29, 0.717) is 5.69 Å². The lowest BCUT2D eigenvalue weighted by Gasteiger charge is -2.02. The second-order valence-corrected chi connectivity index (χ2v) is 3.99. The van der Waals surface area contributed by atoms with Gasteiger partial charge < -0.3 is 15.8 Å². The predicted molar refractivity (Wildman–Crippen MR) is 68.9 cm³/mol. The molecule has 0 aliphatic carbocycles. The summed E-state index contributed by atoms with van der Waals surface area (Å²) in [7, 11) is 0. The minimum atomic E-state index is 0.196. The highest BCUT2D eigenvalue weighted by atomic mass is 16.3. The molecule has 0 aliphatic heterocycles. The zero-order chi connectivity index (χ0) is 12.4. The number of H-pyrrole nitrogens is 1. The summed E-state index contributed by atoms with van der Waals surface area (Å²) >= 11 is 0. The van der Waals surface area contributed by atoms with Crippen molar-refractivity contribution in [2.45, 2.75) is 26.7 Å². The molecule has 0 fully saturated rings. The summed E-state index contributed by atoms with van der Waals surface area (Å²) in [5, 5.41) is 9.49. The van der Waals surface area contributed by atoms with Gasteiger partial charge in [-0.05, 0) is 31.0 Å². The van der Waals surface area contributed by atoms with E-state index in [-0.39, 0.29) is 5.75 Å². The first kappa shape index (κ1) is 11.5. The molecule has 17 heavy (non-hydrogen) atoms. The van der Waals surface area contributed by atoms with Gasteiger partial charge in [-0.15, -0.1) is 0 Å². The molecule has 90 valence electrons. The van der Waals surface area contributed by atoms with Gasteiger partial charge in [-0.3, -0.25) is 0 Å². The fourth-order valence-corrected chi connectivity index (χ4v) is 1.91. The average Bonchev–Trinajstić information content (AvgIpc) is 2.75. The summed E-state index contributed by atoms with van der Waals surface area (Å²) in [5.41, 5.74) is 9.45. The van der Waals surface area contributed by atoms with Crippen LogP contribution in [0.5, 0.6) is 5.75 Å². The van der Waals surface area contributed by atoms with E-state index >= 15 is 0 Å². The molecular formula is C13H17N3O. The van der Waals surface area contributed by atoms with Crippen molar-refractivity contribution in [3.8, 4) is 17.1 Å². The van der Waals surface area contributed by atoms with Gasteiger partial charge in [0.05, 0.1) is 5.69 Å². The number of aromatic hydroxyl groups is 1. The normalized spacial score (nSPS) is 10.7. The zero-order valence-electron chi connectivity index (χ0n) is 10.1. The Hall–Kier alpha value is -1.97. The third-order valence-electron chi connectivity index (χ3n) is 2.84. The third-order valence-corrected chi connectivity index (χ3v) is 2.84. The average molecular weight is 231 g/mol. The maximum absolute atomic E-state index is 9.49. The number of benzene rings is 1. The summed E-state index contributed by atoms with van der Waals surface area (Å²) in [5.74, 6) is 0.925. The summed E-state index contributed by atoms with van der Waals surface area (Å²) in [6.07, 6.45) is 1.80. The SMILES string of the molecule is CCc1nc(-c2cc(O)ccc2N)[nH]c1CC. The second-order valence-electron chi connectivity index (χ2n) is 3.99. The number of anilines is 1. The van der Waals surface area contributed by atoms with E-state index in [1.54, 1.807) is 18.2 Å². The Balaban J connectivity index is 2.52. The number of nitrogens with zero attached hydrogens (tertiary/aromatic N) is 1. The van der Waals surface area contributed by atoms with Crippen LogP contribution in [0.3, 0.4) is 0 Å². The minimum Gasteiger partial charge on any atom is -0.508 e. The van der Waals surface area contributed by atoms with Crippen molar-refractivity contribution >= 4 is 5.69 Å². The van der Waals surface area contributed by atoms with Crippen LogP contribution in [-0.2, 0) is 12.8 Å². The first-order valence-corrected chi connectivity index (χ1v) is 5.82. The van der Waals surface area contributed by atoms with E-state index in [9.17, 15) is 5.11 Å². The van der Waals surface area contributed by atoms with Crippen molar-refractivity contribution in [2.24, 2.45) is 0 Å². The maximum atomic E-state index is 9.49. The van der Waals surface area contributed by atoms with Gasteiger partial charge >= 0.3 is 0 Å². The number of aryl methyl sites for hydroxylation is 2. The number of nitrogens with two attached hydrogens (primary N) is 1. The summed E-state index contributed by atoms with van der Waals surface area (Å²) in [6.45, 7) is 4.16. The largest absolute Gasteiger partial charge is 0.508 e. The van der Waals surface area contributed by atoms with Gasteiger partial charge in [0.1, 0.15) is 11.6 Å². The van der Waals surface area contributed by atoms with Crippen LogP contribution in [0.2, 0.25) is 0 Å². The van der Waals surface area contributed by atoms with Crippen molar-refractivity contribution in [3.05, 3.63) is 29.6 Å². The molecule has 4 heteroatoms. The number of phenols is 1. The van der Waals surface area contributed by atoms with Crippen molar-refractivity contribution < 1.29 is 5.11 Å². The monoisotopic (exact) mass is 231 g/mol. The molecule has 0 saturated heterocycles. The number of aromatic amines is 1. The molecule has 0 bridgehead atoms. The van der Waals surface area contributed by atoms with Crippen LogP contribution in [0.4, 0.5) is 5.69 Å². The summed E-state index contributed by atoms with van der Waals surface area (Å²) < 4.78 is 0. The predicted octanol–water partition coefficient (Wildman–Crippen LogP) is 2.49.